The van der Waals surface area contributed by atoms with Gasteiger partial charge in [-0.1, -0.05) is 13.8 Å². The maximum absolute atomic E-state index is 12.0. The molecule has 3 N–H and O–H groups in total. The van der Waals surface area contributed by atoms with Gasteiger partial charge in [0.1, 0.15) is 0 Å². The quantitative estimate of drug-likeness (QED) is 0.696. The molecule has 0 spiro atoms. The van der Waals surface area contributed by atoms with Crippen LogP contribution in [0.4, 0.5) is 0 Å². The van der Waals surface area contributed by atoms with E-state index in [0.29, 0.717) is 19.5 Å². The zero-order chi connectivity index (χ0) is 11.6. The van der Waals surface area contributed by atoms with Crippen molar-refractivity contribution in [2.45, 2.75) is 45.3 Å². The molecule has 1 rings (SSSR count). The first-order chi connectivity index (χ1) is 6.88. The Balaban J connectivity index is 2.62. The summed E-state index contributed by atoms with van der Waals surface area (Å²) in [6.07, 6.45) is 1.07. The highest BCUT2D eigenvalue weighted by molar-refractivity contribution is 5.85. The van der Waals surface area contributed by atoms with Gasteiger partial charge >= 0.3 is 0 Å². The predicted octanol–water partition coefficient (Wildman–Crippen LogP) is 0.343. The Morgan fingerprint density at radius 3 is 2.73 bits per heavy atom. The van der Waals surface area contributed by atoms with Crippen molar-refractivity contribution in [2.24, 2.45) is 11.7 Å². The first-order valence-electron chi connectivity index (χ1n) is 5.64. The molecule has 1 aliphatic heterocycles. The molecule has 4 heteroatoms. The number of piperidine rings is 1. The monoisotopic (exact) mass is 214 g/mol. The first kappa shape index (κ1) is 12.5. The van der Waals surface area contributed by atoms with Gasteiger partial charge in [0, 0.05) is 13.1 Å². The summed E-state index contributed by atoms with van der Waals surface area (Å²) in [4.78, 5) is 13.7. The van der Waals surface area contributed by atoms with Crippen molar-refractivity contribution in [1.82, 2.24) is 4.90 Å². The fraction of sp³-hybridized carbons (Fsp3) is 0.909. The van der Waals surface area contributed by atoms with Gasteiger partial charge in [0.2, 0.25) is 5.91 Å². The summed E-state index contributed by atoms with van der Waals surface area (Å²) in [5.41, 5.74) is 5.11. The van der Waals surface area contributed by atoms with Crippen molar-refractivity contribution < 1.29 is 9.90 Å². The Bertz CT molecular complexity index is 241. The minimum absolute atomic E-state index is 0.0454. The molecule has 88 valence electrons. The van der Waals surface area contributed by atoms with Crippen molar-refractivity contribution in [1.29, 1.82) is 0 Å². The lowest BCUT2D eigenvalue weighted by atomic mass is 9.92. The van der Waals surface area contributed by atoms with E-state index in [1.165, 1.54) is 0 Å². The number of hydrogen-bond donors (Lipinski definition) is 2. The molecule has 3 atom stereocenters. The maximum atomic E-state index is 12.0. The lowest BCUT2D eigenvalue weighted by Crippen LogP contribution is -2.57. The highest BCUT2D eigenvalue weighted by Gasteiger charge is 2.35. The van der Waals surface area contributed by atoms with E-state index in [4.69, 9.17) is 5.73 Å². The standard InChI is InChI=1S/C11H22N2O2/c1-4-11(3,12)10(15)13-6-5-8(2)9(14)7-13/h8-9,14H,4-7,12H2,1-3H3. The second-order valence-corrected chi connectivity index (χ2v) is 4.86. The molecule has 1 amide bonds. The molecular weight excluding hydrogens is 192 g/mol. The van der Waals surface area contributed by atoms with E-state index in [2.05, 4.69) is 0 Å². The van der Waals surface area contributed by atoms with Crippen LogP contribution >= 0.6 is 0 Å². The molecule has 0 aromatic heterocycles. The van der Waals surface area contributed by atoms with Gasteiger partial charge in [-0.3, -0.25) is 4.79 Å². The van der Waals surface area contributed by atoms with Crippen molar-refractivity contribution in [3.8, 4) is 0 Å². The molecule has 0 aliphatic carbocycles. The van der Waals surface area contributed by atoms with Crippen LogP contribution in [0.25, 0.3) is 0 Å². The van der Waals surface area contributed by atoms with Crippen LogP contribution in [0.1, 0.15) is 33.6 Å². The largest absolute Gasteiger partial charge is 0.391 e. The summed E-state index contributed by atoms with van der Waals surface area (Å²) in [5.74, 6) is 0.232. The molecule has 0 aromatic carbocycles. The minimum Gasteiger partial charge on any atom is -0.391 e. The third kappa shape index (κ3) is 2.69. The highest BCUT2D eigenvalue weighted by atomic mass is 16.3. The normalized spacial score (nSPS) is 31.1. The average Bonchev–Trinajstić information content (AvgIpc) is 2.21. The van der Waals surface area contributed by atoms with Gasteiger partial charge in [0.05, 0.1) is 11.6 Å². The topological polar surface area (TPSA) is 66.6 Å². The summed E-state index contributed by atoms with van der Waals surface area (Å²) in [6.45, 7) is 6.80. The fourth-order valence-electron chi connectivity index (χ4n) is 1.75. The van der Waals surface area contributed by atoms with Crippen molar-refractivity contribution in [3.63, 3.8) is 0 Å². The SMILES string of the molecule is CCC(C)(N)C(=O)N1CCC(C)C(O)C1. The molecule has 0 aromatic rings. The van der Waals surface area contributed by atoms with E-state index < -0.39 is 11.6 Å². The van der Waals surface area contributed by atoms with Crippen LogP contribution < -0.4 is 5.73 Å². The summed E-state index contributed by atoms with van der Waals surface area (Å²) in [6, 6.07) is 0. The Morgan fingerprint density at radius 1 is 1.67 bits per heavy atom. The number of likely N-dealkylation sites (tertiary alicyclic amines) is 1. The number of amides is 1. The number of β-amino-alcohol motifs (C(OH)–C–C–N with tert-alkyl or cyclic N) is 1. The lowest BCUT2D eigenvalue weighted by Gasteiger charge is -2.38. The Kier molecular flexibility index (Phi) is 3.73. The molecule has 0 bridgehead atoms. The van der Waals surface area contributed by atoms with Crippen LogP contribution in [0.2, 0.25) is 0 Å². The van der Waals surface area contributed by atoms with Crippen LogP contribution in [0.3, 0.4) is 0 Å². The van der Waals surface area contributed by atoms with Crippen LogP contribution in [-0.4, -0.2) is 40.6 Å². The molecule has 3 unspecified atom stereocenters. The second-order valence-electron chi connectivity index (χ2n) is 4.86. The third-order valence-corrected chi connectivity index (χ3v) is 3.43. The van der Waals surface area contributed by atoms with E-state index in [1.54, 1.807) is 11.8 Å². The van der Waals surface area contributed by atoms with E-state index in [0.717, 1.165) is 6.42 Å². The van der Waals surface area contributed by atoms with Gasteiger partial charge in [-0.05, 0) is 25.7 Å². The van der Waals surface area contributed by atoms with E-state index >= 15 is 0 Å². The second kappa shape index (κ2) is 4.49. The zero-order valence-electron chi connectivity index (χ0n) is 9.86. The number of rotatable bonds is 2. The fourth-order valence-corrected chi connectivity index (χ4v) is 1.75. The summed E-state index contributed by atoms with van der Waals surface area (Å²) < 4.78 is 0. The molecule has 1 heterocycles. The van der Waals surface area contributed by atoms with Crippen molar-refractivity contribution >= 4 is 5.91 Å². The van der Waals surface area contributed by atoms with E-state index in [-0.39, 0.29) is 11.8 Å². The van der Waals surface area contributed by atoms with Crippen LogP contribution in [0.15, 0.2) is 0 Å². The molecule has 1 saturated heterocycles. The maximum Gasteiger partial charge on any atom is 0.242 e. The van der Waals surface area contributed by atoms with Gasteiger partial charge < -0.3 is 15.7 Å². The molecular formula is C11H22N2O2. The number of nitrogens with zero attached hydrogens (tertiary/aromatic N) is 1. The Hall–Kier alpha value is -0.610. The molecule has 4 nitrogen and oxygen atoms in total. The zero-order valence-corrected chi connectivity index (χ0v) is 9.86. The number of nitrogens with two attached hydrogens (primary N) is 1. The van der Waals surface area contributed by atoms with Crippen LogP contribution in [0.5, 0.6) is 0 Å². The first-order valence-corrected chi connectivity index (χ1v) is 5.64. The Labute approximate surface area is 91.4 Å². The predicted molar refractivity (Wildman–Crippen MR) is 59.3 cm³/mol. The summed E-state index contributed by atoms with van der Waals surface area (Å²) in [5, 5.41) is 9.70. The highest BCUT2D eigenvalue weighted by Crippen LogP contribution is 2.20. The summed E-state index contributed by atoms with van der Waals surface area (Å²) in [7, 11) is 0. The smallest absolute Gasteiger partial charge is 0.242 e. The third-order valence-electron chi connectivity index (χ3n) is 3.43. The molecule has 1 fully saturated rings. The Morgan fingerprint density at radius 2 is 2.27 bits per heavy atom. The minimum atomic E-state index is -0.791. The number of hydrogen-bond acceptors (Lipinski definition) is 3. The molecule has 15 heavy (non-hydrogen) atoms. The van der Waals surface area contributed by atoms with Crippen LogP contribution in [0, 0.1) is 5.92 Å². The number of aliphatic hydroxyl groups is 1. The van der Waals surface area contributed by atoms with Gasteiger partial charge in [0.25, 0.3) is 0 Å². The molecule has 1 aliphatic rings. The average molecular weight is 214 g/mol. The number of carbonyl (C=O) groups excluding carboxylic acids is 1. The van der Waals surface area contributed by atoms with Gasteiger partial charge in [-0.15, -0.1) is 0 Å². The molecule has 0 saturated carbocycles. The lowest BCUT2D eigenvalue weighted by molar-refractivity contribution is -0.140. The van der Waals surface area contributed by atoms with Crippen LogP contribution in [-0.2, 0) is 4.79 Å². The molecule has 0 radical (unpaired) electrons. The van der Waals surface area contributed by atoms with Gasteiger partial charge in [-0.2, -0.15) is 0 Å². The van der Waals surface area contributed by atoms with Gasteiger partial charge in [0.15, 0.2) is 0 Å². The van der Waals surface area contributed by atoms with E-state index in [9.17, 15) is 9.90 Å². The van der Waals surface area contributed by atoms with Gasteiger partial charge in [-0.25, -0.2) is 0 Å². The number of carbonyl (C=O) groups is 1. The summed E-state index contributed by atoms with van der Waals surface area (Å²) >= 11 is 0. The number of aliphatic hydroxyl groups excluding tert-OH is 1. The van der Waals surface area contributed by atoms with E-state index in [1.807, 2.05) is 13.8 Å². The van der Waals surface area contributed by atoms with Crippen molar-refractivity contribution in [3.05, 3.63) is 0 Å². The van der Waals surface area contributed by atoms with Crippen molar-refractivity contribution in [2.75, 3.05) is 13.1 Å².